The van der Waals surface area contributed by atoms with Crippen LogP contribution in [0.3, 0.4) is 0 Å². The molecule has 1 fully saturated rings. The number of carbonyl (C=O) groups is 1. The molecule has 28 heavy (non-hydrogen) atoms. The zero-order valence-electron chi connectivity index (χ0n) is 16.9. The van der Waals surface area contributed by atoms with E-state index >= 15 is 0 Å². The number of hydrogen-bond acceptors (Lipinski definition) is 4. The Balaban J connectivity index is 1.50. The molecule has 0 radical (unpaired) electrons. The number of aryl methyl sites for hydroxylation is 1. The molecule has 0 saturated heterocycles. The molecule has 0 N–H and O–H groups in total. The van der Waals surface area contributed by atoms with E-state index in [1.54, 1.807) is 6.33 Å². The Labute approximate surface area is 166 Å². The summed E-state index contributed by atoms with van der Waals surface area (Å²) in [6.45, 7) is 0. The summed E-state index contributed by atoms with van der Waals surface area (Å²) in [5.74, 6) is 0.529. The van der Waals surface area contributed by atoms with Gasteiger partial charge in [0.2, 0.25) is 0 Å². The molecular formula is C23H28N4O. The van der Waals surface area contributed by atoms with Gasteiger partial charge in [0, 0.05) is 48.3 Å². The van der Waals surface area contributed by atoms with Crippen LogP contribution >= 0.6 is 0 Å². The monoisotopic (exact) mass is 376 g/mol. The summed E-state index contributed by atoms with van der Waals surface area (Å²) in [7, 11) is 6.26. The Hall–Kier alpha value is -2.53. The molecule has 2 aromatic heterocycles. The number of Topliss-reactive ketones (excluding diaryl/α,β-unsaturated/α-hetero) is 1. The van der Waals surface area contributed by atoms with Gasteiger partial charge in [-0.2, -0.15) is 0 Å². The Bertz CT molecular complexity index is 983. The van der Waals surface area contributed by atoms with Crippen LogP contribution in [-0.4, -0.2) is 45.4 Å². The van der Waals surface area contributed by atoms with Gasteiger partial charge in [0.15, 0.2) is 0 Å². The molecule has 0 amide bonds. The van der Waals surface area contributed by atoms with Crippen LogP contribution in [0.2, 0.25) is 0 Å². The van der Waals surface area contributed by atoms with Gasteiger partial charge in [0.1, 0.15) is 5.78 Å². The fourth-order valence-corrected chi connectivity index (χ4v) is 4.31. The summed E-state index contributed by atoms with van der Waals surface area (Å²) < 4.78 is 2.01. The van der Waals surface area contributed by atoms with Crippen molar-refractivity contribution in [3.05, 3.63) is 48.7 Å². The highest BCUT2D eigenvalue weighted by Crippen LogP contribution is 2.29. The lowest BCUT2D eigenvalue weighted by Crippen LogP contribution is -2.34. The van der Waals surface area contributed by atoms with Gasteiger partial charge in [-0.25, -0.2) is 4.98 Å². The zero-order chi connectivity index (χ0) is 19.7. The quantitative estimate of drug-likeness (QED) is 0.678. The second kappa shape index (κ2) is 7.84. The Kier molecular flexibility index (Phi) is 5.27. The Morgan fingerprint density at radius 1 is 1.11 bits per heavy atom. The molecule has 1 aliphatic carbocycles. The highest BCUT2D eigenvalue weighted by atomic mass is 16.1. The van der Waals surface area contributed by atoms with E-state index in [2.05, 4.69) is 53.2 Å². The van der Waals surface area contributed by atoms with Gasteiger partial charge < -0.3 is 9.47 Å². The third-order valence-corrected chi connectivity index (χ3v) is 6.13. The van der Waals surface area contributed by atoms with E-state index in [4.69, 9.17) is 0 Å². The Morgan fingerprint density at radius 3 is 2.57 bits per heavy atom. The average molecular weight is 377 g/mol. The number of rotatable bonds is 5. The molecule has 146 valence electrons. The van der Waals surface area contributed by atoms with Crippen molar-refractivity contribution in [2.45, 2.75) is 38.1 Å². The predicted octanol–water partition coefficient (Wildman–Crippen LogP) is 3.87. The summed E-state index contributed by atoms with van der Waals surface area (Å²) in [5, 5.41) is 2.21. The van der Waals surface area contributed by atoms with Gasteiger partial charge in [0.25, 0.3) is 0 Å². The number of imidazole rings is 1. The van der Waals surface area contributed by atoms with Gasteiger partial charge in [-0.15, -0.1) is 0 Å². The first-order chi connectivity index (χ1) is 13.5. The van der Waals surface area contributed by atoms with Crippen LogP contribution in [0.15, 0.2) is 43.0 Å². The molecule has 1 aromatic carbocycles. The summed E-state index contributed by atoms with van der Waals surface area (Å²) in [6.07, 6.45) is 10.2. The average Bonchev–Trinajstić information content (AvgIpc) is 3.13. The fourth-order valence-electron chi connectivity index (χ4n) is 4.31. The molecule has 1 aliphatic rings. The maximum absolute atomic E-state index is 12.8. The molecule has 2 heterocycles. The number of nitrogens with zero attached hydrogens (tertiary/aromatic N) is 4. The van der Waals surface area contributed by atoms with Crippen molar-refractivity contribution in [2.24, 2.45) is 13.0 Å². The van der Waals surface area contributed by atoms with Crippen LogP contribution in [0.5, 0.6) is 0 Å². The molecule has 5 heteroatoms. The van der Waals surface area contributed by atoms with Crippen LogP contribution in [0.1, 0.15) is 31.4 Å². The lowest BCUT2D eigenvalue weighted by Gasteiger charge is -2.31. The second-order valence-corrected chi connectivity index (χ2v) is 8.24. The highest BCUT2D eigenvalue weighted by Gasteiger charge is 2.27. The molecule has 0 aliphatic heterocycles. The first kappa shape index (κ1) is 18.8. The molecule has 4 rings (SSSR count). The van der Waals surface area contributed by atoms with Crippen molar-refractivity contribution in [3.8, 4) is 11.3 Å². The van der Waals surface area contributed by atoms with Gasteiger partial charge in [-0.3, -0.25) is 9.78 Å². The van der Waals surface area contributed by atoms with Crippen molar-refractivity contribution in [2.75, 3.05) is 14.1 Å². The maximum atomic E-state index is 12.8. The van der Waals surface area contributed by atoms with Crippen LogP contribution in [0.25, 0.3) is 22.0 Å². The summed E-state index contributed by atoms with van der Waals surface area (Å²) in [6, 6.07) is 9.02. The predicted molar refractivity (Wildman–Crippen MR) is 112 cm³/mol. The standard InChI is InChI=1S/C23H28N4O/c1-26(2)21-8-6-16(7-9-21)23(28)12-20-11-19-10-17(4-5-18(19)13-25-20)22-14-24-15-27(22)3/h4-5,10-11,13-16,21H,6-9,12H2,1-3H3. The van der Waals surface area contributed by atoms with E-state index < -0.39 is 0 Å². The lowest BCUT2D eigenvalue weighted by atomic mass is 9.82. The lowest BCUT2D eigenvalue weighted by molar-refractivity contribution is -0.123. The number of ketones is 1. The number of carbonyl (C=O) groups excluding carboxylic acids is 1. The normalized spacial score (nSPS) is 20.0. The number of fused-ring (bicyclic) bond motifs is 1. The molecule has 0 unspecified atom stereocenters. The van der Waals surface area contributed by atoms with Crippen LogP contribution < -0.4 is 0 Å². The minimum atomic E-state index is 0.189. The topological polar surface area (TPSA) is 51.0 Å². The summed E-state index contributed by atoms with van der Waals surface area (Å²) in [4.78, 5) is 23.9. The molecule has 0 atom stereocenters. The number of hydrogen-bond donors (Lipinski definition) is 0. The largest absolute Gasteiger partial charge is 0.334 e. The third kappa shape index (κ3) is 3.85. The van der Waals surface area contributed by atoms with E-state index in [9.17, 15) is 4.79 Å². The van der Waals surface area contributed by atoms with Crippen molar-refractivity contribution in [1.29, 1.82) is 0 Å². The highest BCUT2D eigenvalue weighted by molar-refractivity contribution is 5.88. The second-order valence-electron chi connectivity index (χ2n) is 8.24. The number of pyridine rings is 1. The number of benzene rings is 1. The summed E-state index contributed by atoms with van der Waals surface area (Å²) >= 11 is 0. The Morgan fingerprint density at radius 2 is 1.89 bits per heavy atom. The van der Waals surface area contributed by atoms with Crippen molar-refractivity contribution in [3.63, 3.8) is 0 Å². The maximum Gasteiger partial charge on any atom is 0.141 e. The van der Waals surface area contributed by atoms with E-state index in [0.29, 0.717) is 18.2 Å². The molecule has 1 saturated carbocycles. The van der Waals surface area contributed by atoms with Crippen molar-refractivity contribution in [1.82, 2.24) is 19.4 Å². The van der Waals surface area contributed by atoms with E-state index in [1.807, 2.05) is 24.0 Å². The number of aromatic nitrogens is 3. The molecule has 5 nitrogen and oxygen atoms in total. The van der Waals surface area contributed by atoms with E-state index in [0.717, 1.165) is 53.4 Å². The van der Waals surface area contributed by atoms with Crippen molar-refractivity contribution >= 4 is 16.6 Å². The van der Waals surface area contributed by atoms with Crippen LogP contribution in [-0.2, 0) is 18.3 Å². The molecular weight excluding hydrogens is 348 g/mol. The first-order valence-corrected chi connectivity index (χ1v) is 10.1. The summed E-state index contributed by atoms with van der Waals surface area (Å²) in [5.41, 5.74) is 3.07. The molecule has 3 aromatic rings. The third-order valence-electron chi connectivity index (χ3n) is 6.13. The smallest absolute Gasteiger partial charge is 0.141 e. The van der Waals surface area contributed by atoms with Crippen LogP contribution in [0, 0.1) is 5.92 Å². The van der Waals surface area contributed by atoms with Gasteiger partial charge >= 0.3 is 0 Å². The minimum Gasteiger partial charge on any atom is -0.334 e. The van der Waals surface area contributed by atoms with Gasteiger partial charge in [-0.05, 0) is 57.3 Å². The van der Waals surface area contributed by atoms with Gasteiger partial charge in [0.05, 0.1) is 18.2 Å². The van der Waals surface area contributed by atoms with Crippen LogP contribution in [0.4, 0.5) is 0 Å². The molecule has 0 spiro atoms. The van der Waals surface area contributed by atoms with Gasteiger partial charge in [-0.1, -0.05) is 12.1 Å². The minimum absolute atomic E-state index is 0.189. The zero-order valence-corrected chi connectivity index (χ0v) is 16.9. The van der Waals surface area contributed by atoms with E-state index in [1.165, 1.54) is 0 Å². The van der Waals surface area contributed by atoms with E-state index in [-0.39, 0.29) is 5.92 Å². The first-order valence-electron chi connectivity index (χ1n) is 10.1. The SMILES string of the molecule is CN(C)C1CCC(C(=O)Cc2cc3cc(-c4cncn4C)ccc3cn2)CC1. The fraction of sp³-hybridized carbons (Fsp3) is 0.435. The van der Waals surface area contributed by atoms with Crippen molar-refractivity contribution < 1.29 is 4.79 Å². The molecule has 0 bridgehead atoms.